The maximum atomic E-state index is 10.4. The minimum Gasteiger partial charge on any atom is -0.504 e. The molecule has 1 aromatic carbocycles. The lowest BCUT2D eigenvalue weighted by Gasteiger charge is -2.21. The van der Waals surface area contributed by atoms with E-state index in [-0.39, 0.29) is 11.9 Å². The van der Waals surface area contributed by atoms with Crippen molar-refractivity contribution in [1.82, 2.24) is 19.7 Å². The van der Waals surface area contributed by atoms with Crippen molar-refractivity contribution in [2.45, 2.75) is 45.4 Å². The van der Waals surface area contributed by atoms with Gasteiger partial charge in [-0.05, 0) is 25.8 Å². The highest BCUT2D eigenvalue weighted by molar-refractivity contribution is 5.45. The van der Waals surface area contributed by atoms with Crippen molar-refractivity contribution >= 4 is 0 Å². The molecule has 0 aliphatic carbocycles. The van der Waals surface area contributed by atoms with Crippen LogP contribution in [0, 0.1) is 0 Å². The standard InChI is InChI=1S/C19H26N4O3/c1-2-25-15-6-3-5-14(18(15)24)13-22-9-8-17-20-21-19(23(17)11-10-22)16-7-4-12-26-16/h3,5-6,16,24H,2,4,7-13H2,1H3. The Kier molecular flexibility index (Phi) is 5.08. The minimum absolute atomic E-state index is 0.0923. The number of fused-ring (bicyclic) bond motifs is 1. The van der Waals surface area contributed by atoms with Crippen LogP contribution in [-0.2, 0) is 24.2 Å². The fourth-order valence-corrected chi connectivity index (χ4v) is 3.77. The normalized spacial score (nSPS) is 20.7. The number of ether oxygens (including phenoxy) is 2. The molecule has 1 unspecified atom stereocenters. The Morgan fingerprint density at radius 3 is 3.00 bits per heavy atom. The molecule has 3 heterocycles. The third-order valence-corrected chi connectivity index (χ3v) is 5.14. The molecule has 4 rings (SSSR count). The van der Waals surface area contributed by atoms with Crippen molar-refractivity contribution in [3.8, 4) is 11.5 Å². The number of benzene rings is 1. The summed E-state index contributed by atoms with van der Waals surface area (Å²) in [4.78, 5) is 2.35. The van der Waals surface area contributed by atoms with Gasteiger partial charge in [0, 0.05) is 44.8 Å². The Morgan fingerprint density at radius 1 is 1.27 bits per heavy atom. The quantitative estimate of drug-likeness (QED) is 0.884. The predicted molar refractivity (Wildman–Crippen MR) is 96.2 cm³/mol. The van der Waals surface area contributed by atoms with Crippen molar-refractivity contribution in [3.05, 3.63) is 35.4 Å². The molecule has 140 valence electrons. The zero-order valence-electron chi connectivity index (χ0n) is 15.2. The average molecular weight is 358 g/mol. The summed E-state index contributed by atoms with van der Waals surface area (Å²) in [6, 6.07) is 5.70. The van der Waals surface area contributed by atoms with Crippen LogP contribution in [-0.4, -0.2) is 51.1 Å². The van der Waals surface area contributed by atoms with Gasteiger partial charge in [-0.2, -0.15) is 0 Å². The third-order valence-electron chi connectivity index (χ3n) is 5.14. The molecular weight excluding hydrogens is 332 g/mol. The van der Waals surface area contributed by atoms with Crippen LogP contribution in [0.3, 0.4) is 0 Å². The summed E-state index contributed by atoms with van der Waals surface area (Å²) >= 11 is 0. The van der Waals surface area contributed by atoms with Gasteiger partial charge >= 0.3 is 0 Å². The molecule has 2 aromatic rings. The molecule has 2 aliphatic heterocycles. The Hall–Kier alpha value is -2.12. The average Bonchev–Trinajstić information content (AvgIpc) is 3.26. The second-order valence-corrected chi connectivity index (χ2v) is 6.85. The summed E-state index contributed by atoms with van der Waals surface area (Å²) in [5.74, 6) is 2.81. The minimum atomic E-state index is 0.0923. The lowest BCUT2D eigenvalue weighted by atomic mass is 10.1. The summed E-state index contributed by atoms with van der Waals surface area (Å²) in [6.07, 6.45) is 3.06. The van der Waals surface area contributed by atoms with Gasteiger partial charge in [-0.15, -0.1) is 10.2 Å². The van der Waals surface area contributed by atoms with Gasteiger partial charge < -0.3 is 19.1 Å². The topological polar surface area (TPSA) is 72.6 Å². The summed E-state index contributed by atoms with van der Waals surface area (Å²) in [7, 11) is 0. The van der Waals surface area contributed by atoms with Crippen molar-refractivity contribution in [1.29, 1.82) is 0 Å². The molecule has 1 N–H and O–H groups in total. The molecule has 0 amide bonds. The molecule has 1 aromatic heterocycles. The van der Waals surface area contributed by atoms with E-state index in [0.717, 1.165) is 62.7 Å². The molecule has 1 atom stereocenters. The fourth-order valence-electron chi connectivity index (χ4n) is 3.77. The van der Waals surface area contributed by atoms with E-state index in [2.05, 4.69) is 19.7 Å². The molecule has 1 saturated heterocycles. The highest BCUT2D eigenvalue weighted by Gasteiger charge is 2.27. The van der Waals surface area contributed by atoms with Crippen LogP contribution < -0.4 is 4.74 Å². The first kappa shape index (κ1) is 17.3. The molecule has 26 heavy (non-hydrogen) atoms. The summed E-state index contributed by atoms with van der Waals surface area (Å²) in [5, 5.41) is 19.2. The van der Waals surface area contributed by atoms with Crippen molar-refractivity contribution in [3.63, 3.8) is 0 Å². The number of phenols is 1. The van der Waals surface area contributed by atoms with E-state index in [1.54, 1.807) is 6.07 Å². The molecule has 0 bridgehead atoms. The van der Waals surface area contributed by atoms with Gasteiger partial charge in [-0.3, -0.25) is 4.90 Å². The van der Waals surface area contributed by atoms with Gasteiger partial charge in [0.05, 0.1) is 6.61 Å². The summed E-state index contributed by atoms with van der Waals surface area (Å²) in [5.41, 5.74) is 0.896. The van der Waals surface area contributed by atoms with Crippen LogP contribution in [0.15, 0.2) is 18.2 Å². The molecule has 7 nitrogen and oxygen atoms in total. The number of hydrogen-bond acceptors (Lipinski definition) is 6. The highest BCUT2D eigenvalue weighted by Crippen LogP contribution is 2.31. The third kappa shape index (κ3) is 3.41. The van der Waals surface area contributed by atoms with E-state index in [9.17, 15) is 5.11 Å². The Balaban J connectivity index is 1.46. The molecule has 1 fully saturated rings. The van der Waals surface area contributed by atoms with Gasteiger partial charge in [0.1, 0.15) is 11.9 Å². The van der Waals surface area contributed by atoms with Crippen LogP contribution in [0.1, 0.15) is 43.1 Å². The van der Waals surface area contributed by atoms with Crippen LogP contribution in [0.2, 0.25) is 0 Å². The number of aromatic nitrogens is 3. The molecule has 2 aliphatic rings. The van der Waals surface area contributed by atoms with Crippen molar-refractivity contribution in [2.75, 3.05) is 26.3 Å². The Labute approximate surface area is 153 Å². The van der Waals surface area contributed by atoms with E-state index in [1.807, 2.05) is 19.1 Å². The largest absolute Gasteiger partial charge is 0.504 e. The van der Waals surface area contributed by atoms with Crippen LogP contribution >= 0.6 is 0 Å². The second kappa shape index (κ2) is 7.63. The molecule has 0 saturated carbocycles. The zero-order chi connectivity index (χ0) is 17.9. The molecule has 0 spiro atoms. The number of para-hydroxylation sites is 1. The van der Waals surface area contributed by atoms with Gasteiger partial charge in [0.25, 0.3) is 0 Å². The SMILES string of the molecule is CCOc1cccc(CN2CCc3nnc(C4CCCO4)n3CC2)c1O. The van der Waals surface area contributed by atoms with E-state index in [1.165, 1.54) is 0 Å². The number of nitrogens with zero attached hydrogens (tertiary/aromatic N) is 4. The number of hydrogen-bond donors (Lipinski definition) is 1. The van der Waals surface area contributed by atoms with E-state index < -0.39 is 0 Å². The fraction of sp³-hybridized carbons (Fsp3) is 0.579. The molecular formula is C19H26N4O3. The Bertz CT molecular complexity index is 755. The van der Waals surface area contributed by atoms with Crippen LogP contribution in [0.25, 0.3) is 0 Å². The van der Waals surface area contributed by atoms with Crippen LogP contribution in [0.4, 0.5) is 0 Å². The van der Waals surface area contributed by atoms with Gasteiger partial charge in [-0.1, -0.05) is 12.1 Å². The predicted octanol–water partition coefficient (Wildman–Crippen LogP) is 2.29. The lowest BCUT2D eigenvalue weighted by molar-refractivity contribution is 0.101. The first-order valence-corrected chi connectivity index (χ1v) is 9.46. The lowest BCUT2D eigenvalue weighted by Crippen LogP contribution is -2.27. The van der Waals surface area contributed by atoms with Crippen LogP contribution in [0.5, 0.6) is 11.5 Å². The first-order chi connectivity index (χ1) is 12.8. The highest BCUT2D eigenvalue weighted by atomic mass is 16.5. The molecule has 7 heteroatoms. The maximum absolute atomic E-state index is 10.4. The number of rotatable bonds is 5. The van der Waals surface area contributed by atoms with E-state index >= 15 is 0 Å². The van der Waals surface area contributed by atoms with Crippen molar-refractivity contribution < 1.29 is 14.6 Å². The second-order valence-electron chi connectivity index (χ2n) is 6.85. The first-order valence-electron chi connectivity index (χ1n) is 9.46. The number of aromatic hydroxyl groups is 1. The monoisotopic (exact) mass is 358 g/mol. The van der Waals surface area contributed by atoms with Crippen molar-refractivity contribution in [2.24, 2.45) is 0 Å². The van der Waals surface area contributed by atoms with Gasteiger partial charge in [-0.25, -0.2) is 0 Å². The summed E-state index contributed by atoms with van der Waals surface area (Å²) < 4.78 is 13.5. The smallest absolute Gasteiger partial charge is 0.162 e. The maximum Gasteiger partial charge on any atom is 0.162 e. The van der Waals surface area contributed by atoms with Gasteiger partial charge in [0.15, 0.2) is 17.3 Å². The van der Waals surface area contributed by atoms with E-state index in [0.29, 0.717) is 18.9 Å². The van der Waals surface area contributed by atoms with Gasteiger partial charge in [0.2, 0.25) is 0 Å². The zero-order valence-corrected chi connectivity index (χ0v) is 15.2. The molecule has 0 radical (unpaired) electrons. The van der Waals surface area contributed by atoms with E-state index in [4.69, 9.17) is 9.47 Å². The Morgan fingerprint density at radius 2 is 2.19 bits per heavy atom. The summed E-state index contributed by atoms with van der Waals surface area (Å²) in [6.45, 7) is 6.60. The number of phenolic OH excluding ortho intramolecular Hbond substituents is 1.